The highest BCUT2D eigenvalue weighted by Gasteiger charge is 2.40. The van der Waals surface area contributed by atoms with Gasteiger partial charge in [-0.2, -0.15) is 0 Å². The molecule has 0 N–H and O–H groups in total. The first-order valence-electron chi connectivity index (χ1n) is 6.02. The summed E-state index contributed by atoms with van der Waals surface area (Å²) in [5.74, 6) is 0.315. The van der Waals surface area contributed by atoms with E-state index < -0.39 is 8.80 Å². The van der Waals surface area contributed by atoms with E-state index in [0.717, 1.165) is 12.5 Å². The zero-order valence-electron chi connectivity index (χ0n) is 11.4. The van der Waals surface area contributed by atoms with E-state index in [1.54, 1.807) is 21.3 Å². The normalized spacial score (nSPS) is 13.3. The lowest BCUT2D eigenvalue weighted by Gasteiger charge is -2.28. The van der Waals surface area contributed by atoms with Gasteiger partial charge in [0.25, 0.3) is 0 Å². The molecule has 0 aliphatic carbocycles. The zero-order chi connectivity index (χ0) is 13.4. The second kappa shape index (κ2) is 7.48. The summed E-state index contributed by atoms with van der Waals surface area (Å²) in [5.41, 5.74) is 1.26. The van der Waals surface area contributed by atoms with Crippen molar-refractivity contribution in [2.75, 3.05) is 21.3 Å². The Bertz CT molecular complexity index is 341. The molecule has 0 aliphatic heterocycles. The fraction of sp³-hybridized carbons (Fsp3) is 0.429. The monoisotopic (exact) mass is 266 g/mol. The van der Waals surface area contributed by atoms with Crippen LogP contribution in [-0.4, -0.2) is 30.1 Å². The summed E-state index contributed by atoms with van der Waals surface area (Å²) in [6, 6.07) is 11.1. The van der Waals surface area contributed by atoms with Gasteiger partial charge in [-0.1, -0.05) is 36.4 Å². The molecule has 0 saturated carbocycles. The molecule has 0 fully saturated rings. The van der Waals surface area contributed by atoms with Gasteiger partial charge in [-0.05, 0) is 17.9 Å². The second-order valence-corrected chi connectivity index (χ2v) is 7.13. The van der Waals surface area contributed by atoms with Gasteiger partial charge in [-0.15, -0.1) is 6.58 Å². The Morgan fingerprint density at radius 2 is 1.67 bits per heavy atom. The molecule has 0 amide bonds. The van der Waals surface area contributed by atoms with Gasteiger partial charge in [0.05, 0.1) is 0 Å². The first kappa shape index (κ1) is 15.1. The van der Waals surface area contributed by atoms with Gasteiger partial charge in [0.1, 0.15) is 0 Å². The van der Waals surface area contributed by atoms with Crippen LogP contribution in [0.1, 0.15) is 17.9 Å². The number of hydrogen-bond donors (Lipinski definition) is 0. The Kier molecular flexibility index (Phi) is 6.28. The van der Waals surface area contributed by atoms with Gasteiger partial charge in [0, 0.05) is 27.4 Å². The van der Waals surface area contributed by atoms with Crippen LogP contribution in [0.3, 0.4) is 0 Å². The van der Waals surface area contributed by atoms with E-state index in [-0.39, 0.29) is 0 Å². The Morgan fingerprint density at radius 3 is 2.11 bits per heavy atom. The Balaban J connectivity index is 2.89. The average Bonchev–Trinajstić information content (AvgIpc) is 2.45. The van der Waals surface area contributed by atoms with Gasteiger partial charge in [0.2, 0.25) is 0 Å². The lowest BCUT2D eigenvalue weighted by atomic mass is 9.98. The molecular weight excluding hydrogens is 244 g/mol. The van der Waals surface area contributed by atoms with Crippen LogP contribution >= 0.6 is 0 Å². The molecule has 1 atom stereocenters. The van der Waals surface area contributed by atoms with E-state index in [9.17, 15) is 0 Å². The molecule has 100 valence electrons. The maximum absolute atomic E-state index is 5.49. The van der Waals surface area contributed by atoms with Crippen LogP contribution in [0, 0.1) is 0 Å². The summed E-state index contributed by atoms with van der Waals surface area (Å²) in [7, 11) is 2.40. The van der Waals surface area contributed by atoms with Gasteiger partial charge >= 0.3 is 8.80 Å². The highest BCUT2D eigenvalue weighted by atomic mass is 28.4. The van der Waals surface area contributed by atoms with Crippen LogP contribution in [0.25, 0.3) is 0 Å². The van der Waals surface area contributed by atoms with E-state index in [0.29, 0.717) is 5.92 Å². The summed E-state index contributed by atoms with van der Waals surface area (Å²) < 4.78 is 16.5. The minimum atomic E-state index is -2.55. The number of allylic oxidation sites excluding steroid dienone is 1. The lowest BCUT2D eigenvalue weighted by Crippen LogP contribution is -2.44. The van der Waals surface area contributed by atoms with Crippen LogP contribution in [0.2, 0.25) is 6.04 Å². The minimum absolute atomic E-state index is 0.315. The largest absolute Gasteiger partial charge is 0.500 e. The molecule has 1 aromatic rings. The smallest absolute Gasteiger partial charge is 0.377 e. The predicted molar refractivity (Wildman–Crippen MR) is 75.6 cm³/mol. The fourth-order valence-electron chi connectivity index (χ4n) is 2.07. The van der Waals surface area contributed by atoms with E-state index in [1.807, 2.05) is 24.3 Å². The van der Waals surface area contributed by atoms with Crippen LogP contribution in [0.15, 0.2) is 43.0 Å². The molecule has 0 radical (unpaired) electrons. The van der Waals surface area contributed by atoms with Crippen molar-refractivity contribution in [3.8, 4) is 0 Å². The number of benzene rings is 1. The Morgan fingerprint density at radius 1 is 1.11 bits per heavy atom. The van der Waals surface area contributed by atoms with Gasteiger partial charge in [0.15, 0.2) is 0 Å². The molecule has 3 nitrogen and oxygen atoms in total. The van der Waals surface area contributed by atoms with Crippen molar-refractivity contribution in [1.82, 2.24) is 0 Å². The van der Waals surface area contributed by atoms with Crippen molar-refractivity contribution in [1.29, 1.82) is 0 Å². The van der Waals surface area contributed by atoms with Crippen LogP contribution in [-0.2, 0) is 13.3 Å². The molecular formula is C14H22O3Si. The maximum atomic E-state index is 5.49. The van der Waals surface area contributed by atoms with E-state index in [4.69, 9.17) is 13.3 Å². The zero-order valence-corrected chi connectivity index (χ0v) is 12.4. The van der Waals surface area contributed by atoms with Gasteiger partial charge in [-0.3, -0.25) is 0 Å². The molecule has 1 aromatic carbocycles. The molecule has 0 saturated heterocycles. The molecule has 1 unspecified atom stereocenters. The molecule has 0 spiro atoms. The van der Waals surface area contributed by atoms with Crippen molar-refractivity contribution in [3.63, 3.8) is 0 Å². The van der Waals surface area contributed by atoms with Crippen molar-refractivity contribution in [3.05, 3.63) is 48.6 Å². The predicted octanol–water partition coefficient (Wildman–Crippen LogP) is 3.22. The average molecular weight is 266 g/mol. The molecule has 0 bridgehead atoms. The quantitative estimate of drug-likeness (QED) is 0.534. The second-order valence-electron chi connectivity index (χ2n) is 4.13. The third kappa shape index (κ3) is 3.78. The molecule has 0 aromatic heterocycles. The van der Waals surface area contributed by atoms with Crippen molar-refractivity contribution in [2.45, 2.75) is 18.4 Å². The van der Waals surface area contributed by atoms with Crippen LogP contribution in [0.5, 0.6) is 0 Å². The highest BCUT2D eigenvalue weighted by molar-refractivity contribution is 6.60. The molecule has 0 heterocycles. The number of hydrogen-bond acceptors (Lipinski definition) is 3. The summed E-state index contributed by atoms with van der Waals surface area (Å²) in [5, 5.41) is 0. The standard InChI is InChI=1S/C14H22O3Si/c1-5-9-14(13-10-7-6-8-11-13)12-18(15-2,16-3)17-4/h5-8,10-11,14H,1,9,12H2,2-4H3. The van der Waals surface area contributed by atoms with Gasteiger partial charge < -0.3 is 13.3 Å². The topological polar surface area (TPSA) is 27.7 Å². The SMILES string of the molecule is C=CCC(C[Si](OC)(OC)OC)c1ccccc1. The summed E-state index contributed by atoms with van der Waals surface area (Å²) in [6.45, 7) is 3.83. The molecule has 0 aliphatic rings. The molecule has 18 heavy (non-hydrogen) atoms. The van der Waals surface area contributed by atoms with Gasteiger partial charge in [-0.25, -0.2) is 0 Å². The summed E-state index contributed by atoms with van der Waals surface area (Å²) in [6.07, 6.45) is 2.81. The van der Waals surface area contributed by atoms with Crippen molar-refractivity contribution in [2.24, 2.45) is 0 Å². The lowest BCUT2D eigenvalue weighted by molar-refractivity contribution is 0.121. The highest BCUT2D eigenvalue weighted by Crippen LogP contribution is 2.30. The summed E-state index contributed by atoms with van der Waals surface area (Å²) in [4.78, 5) is 0. The summed E-state index contributed by atoms with van der Waals surface area (Å²) >= 11 is 0. The first-order valence-corrected chi connectivity index (χ1v) is 7.95. The van der Waals surface area contributed by atoms with Crippen molar-refractivity contribution >= 4 is 8.80 Å². The Hall–Kier alpha value is -0.943. The third-order valence-electron chi connectivity index (χ3n) is 3.15. The van der Waals surface area contributed by atoms with Crippen molar-refractivity contribution < 1.29 is 13.3 Å². The van der Waals surface area contributed by atoms with E-state index in [1.165, 1.54) is 5.56 Å². The van der Waals surface area contributed by atoms with Crippen LogP contribution < -0.4 is 0 Å². The van der Waals surface area contributed by atoms with E-state index >= 15 is 0 Å². The maximum Gasteiger partial charge on any atom is 0.500 e. The van der Waals surface area contributed by atoms with Crippen LogP contribution in [0.4, 0.5) is 0 Å². The fourth-order valence-corrected chi connectivity index (χ4v) is 4.07. The first-order chi connectivity index (χ1) is 8.71. The molecule has 1 rings (SSSR count). The molecule has 4 heteroatoms. The number of rotatable bonds is 8. The van der Waals surface area contributed by atoms with E-state index in [2.05, 4.69) is 18.7 Å². The minimum Gasteiger partial charge on any atom is -0.377 e. The Labute approximate surface area is 111 Å². The third-order valence-corrected chi connectivity index (χ3v) is 6.01.